The number of rotatable bonds is 5. The summed E-state index contributed by atoms with van der Waals surface area (Å²) in [5, 5.41) is 20.7. The molecule has 0 amide bonds. The molecule has 2 aliphatic carbocycles. The van der Waals surface area contributed by atoms with Crippen molar-refractivity contribution in [2.24, 2.45) is 0 Å². The van der Waals surface area contributed by atoms with Gasteiger partial charge in [-0.05, 0) is 50.7 Å². The van der Waals surface area contributed by atoms with Crippen molar-refractivity contribution in [2.75, 3.05) is 10.0 Å². The van der Waals surface area contributed by atoms with Crippen molar-refractivity contribution >= 4 is 44.4 Å². The first-order valence-electron chi connectivity index (χ1n) is 13.1. The molecule has 0 bridgehead atoms. The molecule has 11 nitrogen and oxygen atoms in total. The van der Waals surface area contributed by atoms with E-state index in [4.69, 9.17) is 9.97 Å². The Morgan fingerprint density at radius 3 is 1.98 bits per heavy atom. The molecule has 6 aromatic heterocycles. The van der Waals surface area contributed by atoms with Crippen molar-refractivity contribution in [3.05, 3.63) is 76.7 Å². The summed E-state index contributed by atoms with van der Waals surface area (Å²) in [6.07, 6.45) is 16.6. The van der Waals surface area contributed by atoms with E-state index in [-0.39, 0.29) is 0 Å². The highest BCUT2D eigenvalue weighted by Crippen LogP contribution is 2.45. The Balaban J connectivity index is 1.34. The quantitative estimate of drug-likeness (QED) is 0.263. The summed E-state index contributed by atoms with van der Waals surface area (Å²) in [5.41, 5.74) is 7.22. The van der Waals surface area contributed by atoms with Crippen molar-refractivity contribution in [1.29, 1.82) is 0 Å². The summed E-state index contributed by atoms with van der Waals surface area (Å²) in [5.74, 6) is 0.685. The van der Waals surface area contributed by atoms with Gasteiger partial charge in [-0.15, -0.1) is 0 Å². The van der Waals surface area contributed by atoms with Gasteiger partial charge in [-0.2, -0.15) is 10.2 Å². The van der Waals surface area contributed by atoms with Gasteiger partial charge in [-0.25, -0.2) is 30.0 Å². The van der Waals surface area contributed by atoms with Crippen LogP contribution < -0.4 is 10.0 Å². The first kappa shape index (κ1) is 23.4. The van der Waals surface area contributed by atoms with E-state index in [0.29, 0.717) is 5.82 Å². The van der Waals surface area contributed by atoms with E-state index in [9.17, 15) is 0 Å². The number of aryl methyl sites for hydroxylation is 4. The molecule has 13 heteroatoms. The fourth-order valence-electron chi connectivity index (χ4n) is 5.37. The van der Waals surface area contributed by atoms with Crippen LogP contribution in [0, 0.1) is 0 Å². The number of hydrazine groups is 1. The minimum absolute atomic E-state index is 0.685. The van der Waals surface area contributed by atoms with E-state index in [1.54, 1.807) is 41.4 Å². The van der Waals surface area contributed by atoms with Crippen molar-refractivity contribution in [3.63, 3.8) is 0 Å². The monoisotopic (exact) mass is 565 g/mol. The third-order valence-electron chi connectivity index (χ3n) is 7.22. The van der Waals surface area contributed by atoms with Crippen molar-refractivity contribution in [2.45, 2.75) is 38.5 Å². The highest BCUT2D eigenvalue weighted by atomic mass is 32.1. The summed E-state index contributed by atoms with van der Waals surface area (Å²) in [6.45, 7) is 0. The molecule has 0 spiro atoms. The molecule has 0 saturated heterocycles. The maximum Gasteiger partial charge on any atom is 0.211 e. The molecule has 40 heavy (non-hydrogen) atoms. The number of anilines is 4. The average molecular weight is 566 g/mol. The van der Waals surface area contributed by atoms with Gasteiger partial charge in [0.2, 0.25) is 10.3 Å². The minimum Gasteiger partial charge on any atom is -0.282 e. The van der Waals surface area contributed by atoms with Crippen LogP contribution in [0.15, 0.2) is 55.5 Å². The molecule has 0 radical (unpaired) electrons. The smallest absolute Gasteiger partial charge is 0.211 e. The summed E-state index contributed by atoms with van der Waals surface area (Å²) in [4.78, 5) is 26.2. The lowest BCUT2D eigenvalue weighted by Gasteiger charge is -2.33. The molecule has 198 valence electrons. The number of aromatic amines is 2. The molecule has 6 aromatic rings. The Bertz CT molecular complexity index is 1660. The second kappa shape index (κ2) is 9.61. The highest BCUT2D eigenvalue weighted by molar-refractivity contribution is 7.17. The first-order valence-corrected chi connectivity index (χ1v) is 14.8. The van der Waals surface area contributed by atoms with Gasteiger partial charge in [0.25, 0.3) is 0 Å². The zero-order chi connectivity index (χ0) is 26.5. The second-order valence-corrected chi connectivity index (χ2v) is 11.8. The molecule has 0 aliphatic heterocycles. The molecule has 2 aliphatic rings. The van der Waals surface area contributed by atoms with E-state index in [0.717, 1.165) is 88.4 Å². The molecule has 0 fully saturated rings. The van der Waals surface area contributed by atoms with Gasteiger partial charge in [0.15, 0.2) is 5.82 Å². The number of nitrogens with zero attached hydrogens (tertiary/aromatic N) is 9. The van der Waals surface area contributed by atoms with E-state index in [1.165, 1.54) is 9.75 Å². The number of fused-ring (bicyclic) bond motifs is 6. The third-order valence-corrected chi connectivity index (χ3v) is 9.40. The van der Waals surface area contributed by atoms with Crippen LogP contribution >= 0.6 is 22.7 Å². The van der Waals surface area contributed by atoms with E-state index in [2.05, 4.69) is 40.4 Å². The highest BCUT2D eigenvalue weighted by Gasteiger charge is 2.32. The fourth-order valence-corrected chi connectivity index (χ4v) is 7.62. The predicted octanol–water partition coefficient (Wildman–Crippen LogP) is 5.43. The SMILES string of the molecule is c1cncc(N(c2nc3c(s2)CCCc2[nH]ncc2-3)N(c2ccncn2)c2nc3c(s2)CCCc2[nH]ncc2-3)c1. The second-order valence-electron chi connectivity index (χ2n) is 9.67. The number of aromatic nitrogens is 9. The van der Waals surface area contributed by atoms with Gasteiger partial charge in [0.1, 0.15) is 6.33 Å². The molecular formula is C27H23N11S2. The van der Waals surface area contributed by atoms with E-state index < -0.39 is 0 Å². The van der Waals surface area contributed by atoms with Crippen LogP contribution in [-0.4, -0.2) is 45.3 Å². The van der Waals surface area contributed by atoms with E-state index in [1.807, 2.05) is 41.8 Å². The van der Waals surface area contributed by atoms with Crippen molar-refractivity contribution < 1.29 is 0 Å². The van der Waals surface area contributed by atoms with Gasteiger partial charge in [-0.1, -0.05) is 22.7 Å². The van der Waals surface area contributed by atoms with Gasteiger partial charge >= 0.3 is 0 Å². The summed E-state index contributed by atoms with van der Waals surface area (Å²) in [6, 6.07) is 5.86. The largest absolute Gasteiger partial charge is 0.282 e. The number of nitrogens with one attached hydrogen (secondary N) is 2. The van der Waals surface area contributed by atoms with Crippen LogP contribution in [0.25, 0.3) is 22.5 Å². The lowest BCUT2D eigenvalue weighted by Crippen LogP contribution is -2.36. The Hall–Kier alpha value is -4.49. The summed E-state index contributed by atoms with van der Waals surface area (Å²) in [7, 11) is 0. The maximum atomic E-state index is 5.23. The minimum atomic E-state index is 0.685. The fraction of sp³-hybridized carbons (Fsp3) is 0.222. The zero-order valence-corrected chi connectivity index (χ0v) is 22.9. The van der Waals surface area contributed by atoms with Gasteiger partial charge in [0.05, 0.1) is 35.7 Å². The number of hydrogen-bond donors (Lipinski definition) is 2. The Morgan fingerprint density at radius 2 is 1.38 bits per heavy atom. The number of H-pyrrole nitrogens is 2. The number of hydrogen-bond acceptors (Lipinski definition) is 11. The van der Waals surface area contributed by atoms with Gasteiger partial charge in [-0.3, -0.25) is 15.2 Å². The number of thiazole rings is 2. The lowest BCUT2D eigenvalue weighted by atomic mass is 10.2. The van der Waals surface area contributed by atoms with Crippen LogP contribution in [0.5, 0.6) is 0 Å². The molecule has 0 atom stereocenters. The Kier molecular flexibility index (Phi) is 5.62. The van der Waals surface area contributed by atoms with Crippen LogP contribution in [0.1, 0.15) is 34.0 Å². The molecule has 0 saturated carbocycles. The molecule has 0 aromatic carbocycles. The normalized spacial score (nSPS) is 13.9. The van der Waals surface area contributed by atoms with Crippen LogP contribution in [-0.2, 0) is 25.7 Å². The van der Waals surface area contributed by atoms with Crippen molar-refractivity contribution in [3.8, 4) is 22.5 Å². The van der Waals surface area contributed by atoms with Gasteiger partial charge < -0.3 is 0 Å². The lowest BCUT2D eigenvalue weighted by molar-refractivity contribution is 0.811. The molecule has 0 unspecified atom stereocenters. The molecule has 8 rings (SSSR count). The maximum absolute atomic E-state index is 5.23. The third kappa shape index (κ3) is 3.88. The van der Waals surface area contributed by atoms with Gasteiger partial charge in [0, 0.05) is 50.7 Å². The van der Waals surface area contributed by atoms with Crippen LogP contribution in [0.4, 0.5) is 21.8 Å². The first-order chi connectivity index (χ1) is 19.8. The standard InChI is InChI=1S/C27H23N11S2/c1-5-19-17(13-31-35-19)24-21(7-1)39-26(33-24)37(16-4-3-10-28-12-16)38(23-9-11-29-15-30-23)27-34-25-18-14-32-36-20(18)6-2-8-22(25)40-27/h3-4,9-15H,1-2,5-8H2,(H,31,35)(H,32,36). The Labute approximate surface area is 237 Å². The van der Waals surface area contributed by atoms with Crippen LogP contribution in [0.2, 0.25) is 0 Å². The Morgan fingerprint density at radius 1 is 0.700 bits per heavy atom. The number of pyridine rings is 1. The average Bonchev–Trinajstić information content (AvgIpc) is 3.78. The summed E-state index contributed by atoms with van der Waals surface area (Å²) < 4.78 is 0. The molecular weight excluding hydrogens is 543 g/mol. The predicted molar refractivity (Wildman–Crippen MR) is 154 cm³/mol. The van der Waals surface area contributed by atoms with Crippen LogP contribution in [0.3, 0.4) is 0 Å². The molecule has 6 heterocycles. The van der Waals surface area contributed by atoms with Crippen molar-refractivity contribution in [1.82, 2.24) is 45.3 Å². The summed E-state index contributed by atoms with van der Waals surface area (Å²) >= 11 is 3.36. The van der Waals surface area contributed by atoms with E-state index >= 15 is 0 Å². The molecule has 2 N–H and O–H groups in total. The zero-order valence-electron chi connectivity index (χ0n) is 21.3. The topological polar surface area (TPSA) is 128 Å².